The zero-order valence-electron chi connectivity index (χ0n) is 9.01. The molecule has 0 unspecified atom stereocenters. The molecule has 0 bridgehead atoms. The molecule has 0 saturated heterocycles. The van der Waals surface area contributed by atoms with Gasteiger partial charge in [0.25, 0.3) is 5.56 Å². The zero-order chi connectivity index (χ0) is 12.4. The summed E-state index contributed by atoms with van der Waals surface area (Å²) >= 11 is 1.92. The largest absolute Gasteiger partial charge is 0.461 e. The molecule has 0 N–H and O–H groups in total. The number of rotatable bonds is 3. The van der Waals surface area contributed by atoms with Gasteiger partial charge in [-0.15, -0.1) is 0 Å². The molecule has 5 nitrogen and oxygen atoms in total. The van der Waals surface area contributed by atoms with Crippen molar-refractivity contribution < 1.29 is 9.21 Å². The Morgan fingerprint density at radius 1 is 1.59 bits per heavy atom. The lowest BCUT2D eigenvalue weighted by atomic mass is 10.3. The van der Waals surface area contributed by atoms with E-state index in [4.69, 9.17) is 4.42 Å². The van der Waals surface area contributed by atoms with E-state index in [1.807, 2.05) is 22.6 Å². The number of carbonyl (C=O) groups excluding carboxylic acids is 1. The maximum absolute atomic E-state index is 11.8. The fourth-order valence-electron chi connectivity index (χ4n) is 1.33. The van der Waals surface area contributed by atoms with Gasteiger partial charge in [0.1, 0.15) is 0 Å². The maximum Gasteiger partial charge on any atom is 0.267 e. The Morgan fingerprint density at radius 3 is 3.00 bits per heavy atom. The Hall–Kier alpha value is -1.44. The fourth-order valence-corrected chi connectivity index (χ4v) is 1.78. The molecule has 2 aromatic heterocycles. The van der Waals surface area contributed by atoms with Gasteiger partial charge < -0.3 is 4.42 Å². The first-order chi connectivity index (χ1) is 8.09. The van der Waals surface area contributed by atoms with Crippen molar-refractivity contribution >= 4 is 28.4 Å². The van der Waals surface area contributed by atoms with Crippen LogP contribution in [-0.2, 0) is 6.54 Å². The molecule has 0 aliphatic rings. The van der Waals surface area contributed by atoms with Crippen molar-refractivity contribution in [1.82, 2.24) is 9.55 Å². The van der Waals surface area contributed by atoms with Crippen molar-refractivity contribution in [3.05, 3.63) is 50.1 Å². The zero-order valence-corrected chi connectivity index (χ0v) is 11.2. The van der Waals surface area contributed by atoms with Crippen LogP contribution in [0.4, 0.5) is 0 Å². The predicted octanol–water partition coefficient (Wildman–Crippen LogP) is 1.63. The van der Waals surface area contributed by atoms with Gasteiger partial charge in [0, 0.05) is 0 Å². The molecule has 0 amide bonds. The third-order valence-corrected chi connectivity index (χ3v) is 3.51. The van der Waals surface area contributed by atoms with Crippen LogP contribution in [0, 0.1) is 10.5 Å². The van der Waals surface area contributed by atoms with E-state index in [0.29, 0.717) is 9.26 Å². The van der Waals surface area contributed by atoms with E-state index in [2.05, 4.69) is 4.98 Å². The van der Waals surface area contributed by atoms with Crippen molar-refractivity contribution in [2.75, 3.05) is 0 Å². The molecule has 0 saturated carbocycles. The van der Waals surface area contributed by atoms with E-state index in [-0.39, 0.29) is 23.6 Å². The minimum atomic E-state index is -0.251. The molecule has 88 valence electrons. The van der Waals surface area contributed by atoms with Gasteiger partial charge in [-0.25, -0.2) is 4.98 Å². The number of furan rings is 1. The Labute approximate surface area is 111 Å². The molecule has 0 radical (unpaired) electrons. The van der Waals surface area contributed by atoms with Crippen LogP contribution in [0.5, 0.6) is 0 Å². The molecular formula is C11H9IN2O3. The fraction of sp³-hybridized carbons (Fsp3) is 0.182. The number of aryl methyl sites for hydroxylation is 1. The van der Waals surface area contributed by atoms with Gasteiger partial charge >= 0.3 is 0 Å². The van der Waals surface area contributed by atoms with Gasteiger partial charge in [-0.1, -0.05) is 0 Å². The first-order valence-electron chi connectivity index (χ1n) is 4.88. The molecule has 6 heteroatoms. The minimum absolute atomic E-state index is 0.0599. The number of carbonyl (C=O) groups is 1. The molecule has 0 aliphatic heterocycles. The summed E-state index contributed by atoms with van der Waals surface area (Å²) in [6, 6.07) is 3.20. The summed E-state index contributed by atoms with van der Waals surface area (Å²) in [6.45, 7) is 1.69. The van der Waals surface area contributed by atoms with Gasteiger partial charge in [-0.2, -0.15) is 0 Å². The van der Waals surface area contributed by atoms with Crippen LogP contribution >= 0.6 is 22.6 Å². The Balaban J connectivity index is 2.29. The highest BCUT2D eigenvalue weighted by Crippen LogP contribution is 2.04. The highest BCUT2D eigenvalue weighted by atomic mass is 127. The van der Waals surface area contributed by atoms with E-state index in [0.717, 1.165) is 0 Å². The second-order valence-corrected chi connectivity index (χ2v) is 4.56. The molecule has 0 atom stereocenters. The van der Waals surface area contributed by atoms with Gasteiger partial charge in [0.05, 0.1) is 28.4 Å². The number of nitrogens with zero attached hydrogens (tertiary/aromatic N) is 2. The van der Waals surface area contributed by atoms with Crippen LogP contribution in [0.3, 0.4) is 0 Å². The lowest BCUT2D eigenvalue weighted by molar-refractivity contribution is 0.0943. The van der Waals surface area contributed by atoms with E-state index < -0.39 is 0 Å². The number of aromatic nitrogens is 2. The van der Waals surface area contributed by atoms with Gasteiger partial charge in [0.2, 0.25) is 5.78 Å². The summed E-state index contributed by atoms with van der Waals surface area (Å²) in [7, 11) is 0. The third kappa shape index (κ3) is 2.46. The number of halogens is 1. The first-order valence-corrected chi connectivity index (χ1v) is 5.95. The molecule has 0 aliphatic carbocycles. The third-order valence-electron chi connectivity index (χ3n) is 2.27. The van der Waals surface area contributed by atoms with Crippen molar-refractivity contribution in [3.63, 3.8) is 0 Å². The summed E-state index contributed by atoms with van der Waals surface area (Å²) in [5.41, 5.74) is 0.454. The smallest absolute Gasteiger partial charge is 0.267 e. The molecule has 17 heavy (non-hydrogen) atoms. The van der Waals surface area contributed by atoms with Crippen LogP contribution in [0.1, 0.15) is 16.2 Å². The van der Waals surface area contributed by atoms with E-state index in [1.54, 1.807) is 19.1 Å². The normalized spacial score (nSPS) is 10.5. The maximum atomic E-state index is 11.8. The summed E-state index contributed by atoms with van der Waals surface area (Å²) in [5.74, 6) is -0.00830. The lowest BCUT2D eigenvalue weighted by Crippen LogP contribution is -2.27. The number of hydrogen-bond donors (Lipinski definition) is 0. The van der Waals surface area contributed by atoms with Crippen LogP contribution in [-0.4, -0.2) is 15.3 Å². The van der Waals surface area contributed by atoms with Crippen LogP contribution in [0.15, 0.2) is 33.9 Å². The molecule has 0 spiro atoms. The minimum Gasteiger partial charge on any atom is -0.461 e. The topological polar surface area (TPSA) is 65.1 Å². The van der Waals surface area contributed by atoms with Crippen LogP contribution in [0.25, 0.3) is 0 Å². The average molecular weight is 344 g/mol. The monoisotopic (exact) mass is 344 g/mol. The van der Waals surface area contributed by atoms with Crippen molar-refractivity contribution in [2.45, 2.75) is 13.5 Å². The standard InChI is InChI=1S/C11H9IN2O3/c1-7-10(12)11(16)14(6-13-7)5-8(15)9-3-2-4-17-9/h2-4,6H,5H2,1H3. The quantitative estimate of drug-likeness (QED) is 0.627. The van der Waals surface area contributed by atoms with E-state index in [9.17, 15) is 9.59 Å². The van der Waals surface area contributed by atoms with Crippen LogP contribution in [0.2, 0.25) is 0 Å². The lowest BCUT2D eigenvalue weighted by Gasteiger charge is -2.04. The SMILES string of the molecule is Cc1ncn(CC(=O)c2ccco2)c(=O)c1I. The van der Waals surface area contributed by atoms with Gasteiger partial charge in [-0.3, -0.25) is 14.2 Å². The summed E-state index contributed by atoms with van der Waals surface area (Å²) in [4.78, 5) is 27.6. The molecule has 2 aromatic rings. The average Bonchev–Trinajstić information content (AvgIpc) is 2.83. The molecule has 0 aromatic carbocycles. The highest BCUT2D eigenvalue weighted by molar-refractivity contribution is 14.1. The number of Topliss-reactive ketones (excluding diaryl/α,β-unsaturated/α-hetero) is 1. The second kappa shape index (κ2) is 4.82. The van der Waals surface area contributed by atoms with Crippen molar-refractivity contribution in [2.24, 2.45) is 0 Å². The summed E-state index contributed by atoms with van der Waals surface area (Å²) in [6.07, 6.45) is 2.80. The Morgan fingerprint density at radius 2 is 2.35 bits per heavy atom. The van der Waals surface area contributed by atoms with Crippen molar-refractivity contribution in [3.8, 4) is 0 Å². The van der Waals surface area contributed by atoms with Crippen LogP contribution < -0.4 is 5.56 Å². The van der Waals surface area contributed by atoms with Crippen molar-refractivity contribution in [1.29, 1.82) is 0 Å². The van der Waals surface area contributed by atoms with Gasteiger partial charge in [-0.05, 0) is 41.6 Å². The molecular weight excluding hydrogens is 335 g/mol. The summed E-state index contributed by atoms with van der Waals surface area (Å²) < 4.78 is 6.78. The Kier molecular flexibility index (Phi) is 3.41. The second-order valence-electron chi connectivity index (χ2n) is 3.48. The molecule has 0 fully saturated rings. The van der Waals surface area contributed by atoms with Gasteiger partial charge in [0.15, 0.2) is 5.76 Å². The highest BCUT2D eigenvalue weighted by Gasteiger charge is 2.12. The number of hydrogen-bond acceptors (Lipinski definition) is 4. The van der Waals surface area contributed by atoms with E-state index >= 15 is 0 Å². The Bertz CT molecular complexity index is 602. The molecule has 2 rings (SSSR count). The molecule has 2 heterocycles. The summed E-state index contributed by atoms with van der Waals surface area (Å²) in [5, 5.41) is 0. The first kappa shape index (κ1) is 12.0. The predicted molar refractivity (Wildman–Crippen MR) is 69.0 cm³/mol. The number of ketones is 1. The van der Waals surface area contributed by atoms with E-state index in [1.165, 1.54) is 17.2 Å².